The molecular formula is C24H23N3O4S2. The molecule has 9 heteroatoms. The van der Waals surface area contributed by atoms with E-state index < -0.39 is 10.0 Å². The number of fused-ring (bicyclic) bond motifs is 1. The van der Waals surface area contributed by atoms with Gasteiger partial charge >= 0.3 is 0 Å². The third-order valence-corrected chi connectivity index (χ3v) is 7.43. The Balaban J connectivity index is 1.59. The molecule has 0 bridgehead atoms. The predicted molar refractivity (Wildman–Crippen MR) is 131 cm³/mol. The summed E-state index contributed by atoms with van der Waals surface area (Å²) in [6.45, 7) is 1.99. The molecule has 0 aliphatic carbocycles. The highest BCUT2D eigenvalue weighted by molar-refractivity contribution is 7.89. The van der Waals surface area contributed by atoms with E-state index in [1.807, 2.05) is 41.8 Å². The highest BCUT2D eigenvalue weighted by Gasteiger charge is 2.18. The molecule has 0 radical (unpaired) electrons. The van der Waals surface area contributed by atoms with Crippen LogP contribution >= 0.6 is 11.3 Å². The van der Waals surface area contributed by atoms with Crippen molar-refractivity contribution in [3.63, 3.8) is 0 Å². The lowest BCUT2D eigenvalue weighted by molar-refractivity contribution is 0.102. The lowest BCUT2D eigenvalue weighted by Crippen LogP contribution is -2.35. The summed E-state index contributed by atoms with van der Waals surface area (Å²) in [6.07, 6.45) is 0. The van der Waals surface area contributed by atoms with Crippen molar-refractivity contribution >= 4 is 43.9 Å². The van der Waals surface area contributed by atoms with E-state index in [-0.39, 0.29) is 23.5 Å². The number of aromatic nitrogens is 1. The summed E-state index contributed by atoms with van der Waals surface area (Å²) in [5, 5.41) is 5.57. The van der Waals surface area contributed by atoms with E-state index in [2.05, 4.69) is 10.0 Å². The van der Waals surface area contributed by atoms with Crippen LogP contribution in [0.1, 0.15) is 17.3 Å². The number of pyridine rings is 1. The molecule has 1 unspecified atom stereocenters. The SMILES string of the molecule is COCC(C)NS(=O)(=O)c1ccc(NC(=O)c2cc(-c3cccs3)nc3ccccc23)cc1. The fourth-order valence-corrected chi connectivity index (χ4v) is 5.36. The smallest absolute Gasteiger partial charge is 0.256 e. The number of nitrogens with zero attached hydrogens (tertiary/aromatic N) is 1. The molecule has 0 saturated carbocycles. The summed E-state index contributed by atoms with van der Waals surface area (Å²) in [4.78, 5) is 18.9. The number of benzene rings is 2. The summed E-state index contributed by atoms with van der Waals surface area (Å²) >= 11 is 1.56. The number of hydrogen-bond acceptors (Lipinski definition) is 6. The normalized spacial score (nSPS) is 12.5. The highest BCUT2D eigenvalue weighted by Crippen LogP contribution is 2.28. The van der Waals surface area contributed by atoms with Gasteiger partial charge in [0.15, 0.2) is 0 Å². The molecule has 33 heavy (non-hydrogen) atoms. The third kappa shape index (κ3) is 5.28. The van der Waals surface area contributed by atoms with Crippen LogP contribution in [0, 0.1) is 0 Å². The first-order valence-corrected chi connectivity index (χ1v) is 12.6. The van der Waals surface area contributed by atoms with Crippen LogP contribution < -0.4 is 10.0 Å². The van der Waals surface area contributed by atoms with Crippen LogP contribution in [0.25, 0.3) is 21.5 Å². The zero-order valence-corrected chi connectivity index (χ0v) is 19.7. The fraction of sp³-hybridized carbons (Fsp3) is 0.167. The van der Waals surface area contributed by atoms with Crippen LogP contribution in [0.3, 0.4) is 0 Å². The summed E-state index contributed by atoms with van der Waals surface area (Å²) < 4.78 is 32.5. The molecule has 2 N–H and O–H groups in total. The van der Waals surface area contributed by atoms with Crippen molar-refractivity contribution in [3.05, 3.63) is 77.7 Å². The quantitative estimate of drug-likeness (QED) is 0.385. The second-order valence-electron chi connectivity index (χ2n) is 7.51. The predicted octanol–water partition coefficient (Wildman–Crippen LogP) is 4.53. The van der Waals surface area contributed by atoms with E-state index in [9.17, 15) is 13.2 Å². The third-order valence-electron chi connectivity index (χ3n) is 4.93. The lowest BCUT2D eigenvalue weighted by atomic mass is 10.1. The molecule has 0 saturated heterocycles. The fourth-order valence-electron chi connectivity index (χ4n) is 3.45. The van der Waals surface area contributed by atoms with Gasteiger partial charge in [0.25, 0.3) is 5.91 Å². The maximum absolute atomic E-state index is 13.2. The minimum atomic E-state index is -3.69. The first-order chi connectivity index (χ1) is 15.9. The van der Waals surface area contributed by atoms with Gasteiger partial charge in [-0.2, -0.15) is 0 Å². The topological polar surface area (TPSA) is 97.4 Å². The molecule has 0 aliphatic rings. The van der Waals surface area contributed by atoms with Crippen LogP contribution in [-0.4, -0.2) is 39.1 Å². The summed E-state index contributed by atoms with van der Waals surface area (Å²) in [5.74, 6) is -0.297. The average molecular weight is 482 g/mol. The Kier molecular flexibility index (Phi) is 6.85. The molecule has 1 atom stereocenters. The number of hydrogen-bond donors (Lipinski definition) is 2. The molecule has 2 aromatic heterocycles. The molecule has 0 spiro atoms. The van der Waals surface area contributed by atoms with E-state index in [1.165, 1.54) is 19.2 Å². The number of amides is 1. The van der Waals surface area contributed by atoms with Crippen molar-refractivity contribution in [1.82, 2.24) is 9.71 Å². The molecule has 4 aromatic rings. The first-order valence-electron chi connectivity index (χ1n) is 10.2. The van der Waals surface area contributed by atoms with Gasteiger partial charge in [-0.25, -0.2) is 18.1 Å². The van der Waals surface area contributed by atoms with Crippen LogP contribution in [-0.2, 0) is 14.8 Å². The Labute approximate surface area is 196 Å². The summed E-state index contributed by atoms with van der Waals surface area (Å²) in [7, 11) is -2.18. The van der Waals surface area contributed by atoms with Gasteiger partial charge in [0.1, 0.15) is 0 Å². The van der Waals surface area contributed by atoms with Gasteiger partial charge in [-0.05, 0) is 54.8 Å². The Hall–Kier alpha value is -3.11. The number of sulfonamides is 1. The first kappa shape index (κ1) is 23.1. The largest absolute Gasteiger partial charge is 0.383 e. The Morgan fingerprint density at radius 1 is 1.09 bits per heavy atom. The number of rotatable bonds is 8. The van der Waals surface area contributed by atoms with Gasteiger partial charge in [0, 0.05) is 24.2 Å². The second-order valence-corrected chi connectivity index (χ2v) is 10.2. The van der Waals surface area contributed by atoms with Gasteiger partial charge in [0.2, 0.25) is 10.0 Å². The number of carbonyl (C=O) groups excluding carboxylic acids is 1. The standard InChI is InChI=1S/C24H23N3O4S2/c1-16(15-31-2)27-33(29,30)18-11-9-17(10-12-18)25-24(28)20-14-22(23-8-5-13-32-23)26-21-7-4-3-6-19(20)21/h3-14,16,27H,15H2,1-2H3,(H,25,28). The lowest BCUT2D eigenvalue weighted by Gasteiger charge is -2.14. The molecule has 2 heterocycles. The van der Waals surface area contributed by atoms with E-state index in [0.717, 1.165) is 21.5 Å². The maximum Gasteiger partial charge on any atom is 0.256 e. The number of anilines is 1. The van der Waals surface area contributed by atoms with E-state index >= 15 is 0 Å². The van der Waals surface area contributed by atoms with Crippen molar-refractivity contribution in [2.24, 2.45) is 0 Å². The maximum atomic E-state index is 13.2. The van der Waals surface area contributed by atoms with Crippen LogP contribution in [0.4, 0.5) is 5.69 Å². The van der Waals surface area contributed by atoms with Gasteiger partial charge in [-0.3, -0.25) is 4.79 Å². The Bertz CT molecular complexity index is 1370. The molecule has 7 nitrogen and oxygen atoms in total. The number of methoxy groups -OCH3 is 1. The molecule has 1 amide bonds. The van der Waals surface area contributed by atoms with Crippen molar-refractivity contribution in [2.45, 2.75) is 17.9 Å². The number of ether oxygens (including phenoxy) is 1. The van der Waals surface area contributed by atoms with Crippen molar-refractivity contribution < 1.29 is 17.9 Å². The Morgan fingerprint density at radius 3 is 2.55 bits per heavy atom. The Morgan fingerprint density at radius 2 is 1.85 bits per heavy atom. The average Bonchev–Trinajstić information content (AvgIpc) is 3.33. The monoisotopic (exact) mass is 481 g/mol. The van der Waals surface area contributed by atoms with Gasteiger partial charge in [0.05, 0.1) is 33.2 Å². The molecule has 2 aromatic carbocycles. The molecule has 0 fully saturated rings. The number of carbonyl (C=O) groups is 1. The van der Waals surface area contributed by atoms with Crippen molar-refractivity contribution in [3.8, 4) is 10.6 Å². The van der Waals surface area contributed by atoms with Crippen LogP contribution in [0.15, 0.2) is 77.0 Å². The van der Waals surface area contributed by atoms with Gasteiger partial charge < -0.3 is 10.1 Å². The molecular weight excluding hydrogens is 458 g/mol. The van der Waals surface area contributed by atoms with Gasteiger partial charge in [-0.15, -0.1) is 11.3 Å². The molecule has 4 rings (SSSR count). The molecule has 0 aliphatic heterocycles. The molecule has 170 valence electrons. The number of thiophene rings is 1. The highest BCUT2D eigenvalue weighted by atomic mass is 32.2. The van der Waals surface area contributed by atoms with E-state index in [0.29, 0.717) is 11.3 Å². The second kappa shape index (κ2) is 9.80. The summed E-state index contributed by atoms with van der Waals surface area (Å²) in [6, 6.07) is 18.9. The van der Waals surface area contributed by atoms with Gasteiger partial charge in [-0.1, -0.05) is 24.3 Å². The van der Waals surface area contributed by atoms with Crippen molar-refractivity contribution in [2.75, 3.05) is 19.0 Å². The van der Waals surface area contributed by atoms with E-state index in [1.54, 1.807) is 36.5 Å². The minimum Gasteiger partial charge on any atom is -0.383 e. The van der Waals surface area contributed by atoms with Crippen molar-refractivity contribution in [1.29, 1.82) is 0 Å². The minimum absolute atomic E-state index is 0.109. The summed E-state index contributed by atoms with van der Waals surface area (Å²) in [5.41, 5.74) is 2.44. The number of para-hydroxylation sites is 1. The van der Waals surface area contributed by atoms with Crippen LogP contribution in [0.5, 0.6) is 0 Å². The zero-order chi connectivity index (χ0) is 23.4. The number of nitrogens with one attached hydrogen (secondary N) is 2. The zero-order valence-electron chi connectivity index (χ0n) is 18.1. The van der Waals surface area contributed by atoms with E-state index in [4.69, 9.17) is 9.72 Å². The van der Waals surface area contributed by atoms with Crippen LogP contribution in [0.2, 0.25) is 0 Å².